The standard InChI is InChI=1S/C14H15N5/c1-10-3-4-12(5-11(10)2)7-16-13-6-14(17-8-15)19-9-18-13/h3-6,9H,7H2,1-2H3,(H2,16,17,18,19). The van der Waals surface area contributed by atoms with Gasteiger partial charge in [0.25, 0.3) is 0 Å². The number of hydrogen-bond acceptors (Lipinski definition) is 5. The van der Waals surface area contributed by atoms with E-state index in [4.69, 9.17) is 5.26 Å². The molecule has 0 aliphatic carbocycles. The molecule has 1 heterocycles. The maximum atomic E-state index is 8.53. The molecular formula is C14H15N5. The number of aryl methyl sites for hydroxylation is 2. The van der Waals surface area contributed by atoms with Gasteiger partial charge in [-0.25, -0.2) is 9.97 Å². The van der Waals surface area contributed by atoms with E-state index in [0.29, 0.717) is 18.2 Å². The zero-order valence-electron chi connectivity index (χ0n) is 10.9. The predicted molar refractivity (Wildman–Crippen MR) is 74.5 cm³/mol. The summed E-state index contributed by atoms with van der Waals surface area (Å²) in [7, 11) is 0. The second-order valence-electron chi connectivity index (χ2n) is 4.30. The molecule has 0 unspecified atom stereocenters. The van der Waals surface area contributed by atoms with Gasteiger partial charge in [0.15, 0.2) is 6.19 Å². The normalized spacial score (nSPS) is 9.74. The van der Waals surface area contributed by atoms with Gasteiger partial charge < -0.3 is 5.32 Å². The Labute approximate surface area is 112 Å². The van der Waals surface area contributed by atoms with Crippen molar-refractivity contribution in [3.05, 3.63) is 47.3 Å². The summed E-state index contributed by atoms with van der Waals surface area (Å²) >= 11 is 0. The molecule has 0 fully saturated rings. The van der Waals surface area contributed by atoms with E-state index in [-0.39, 0.29) is 0 Å². The third kappa shape index (κ3) is 3.42. The SMILES string of the molecule is Cc1ccc(CNc2cc(NC#N)ncn2)cc1C. The molecule has 0 radical (unpaired) electrons. The summed E-state index contributed by atoms with van der Waals surface area (Å²) in [5, 5.41) is 14.2. The highest BCUT2D eigenvalue weighted by molar-refractivity contribution is 5.48. The number of benzene rings is 1. The summed E-state index contributed by atoms with van der Waals surface area (Å²) in [4.78, 5) is 8.03. The zero-order chi connectivity index (χ0) is 13.7. The second-order valence-corrected chi connectivity index (χ2v) is 4.30. The lowest BCUT2D eigenvalue weighted by Crippen LogP contribution is -2.03. The first-order valence-electron chi connectivity index (χ1n) is 5.96. The average Bonchev–Trinajstić information content (AvgIpc) is 2.41. The van der Waals surface area contributed by atoms with Gasteiger partial charge in [0.1, 0.15) is 18.0 Å². The molecule has 5 heteroatoms. The van der Waals surface area contributed by atoms with Crippen molar-refractivity contribution in [2.75, 3.05) is 10.6 Å². The zero-order valence-corrected chi connectivity index (χ0v) is 10.9. The van der Waals surface area contributed by atoms with Gasteiger partial charge in [0.05, 0.1) is 0 Å². The molecule has 2 N–H and O–H groups in total. The quantitative estimate of drug-likeness (QED) is 0.647. The van der Waals surface area contributed by atoms with Crippen LogP contribution in [0.4, 0.5) is 11.6 Å². The first kappa shape index (κ1) is 12.8. The van der Waals surface area contributed by atoms with Crippen LogP contribution in [0, 0.1) is 25.3 Å². The number of nitriles is 1. The Kier molecular flexibility index (Phi) is 3.94. The van der Waals surface area contributed by atoms with Gasteiger partial charge in [-0.3, -0.25) is 5.32 Å². The Morgan fingerprint density at radius 1 is 1.11 bits per heavy atom. The van der Waals surface area contributed by atoms with Gasteiger partial charge in [-0.15, -0.1) is 0 Å². The van der Waals surface area contributed by atoms with Crippen molar-refractivity contribution in [1.29, 1.82) is 5.26 Å². The molecule has 0 saturated heterocycles. The van der Waals surface area contributed by atoms with Crippen molar-refractivity contribution in [3.8, 4) is 6.19 Å². The van der Waals surface area contributed by atoms with E-state index in [2.05, 4.69) is 52.6 Å². The molecule has 0 spiro atoms. The molecule has 0 bridgehead atoms. The summed E-state index contributed by atoms with van der Waals surface area (Å²) < 4.78 is 0. The molecular weight excluding hydrogens is 238 g/mol. The van der Waals surface area contributed by atoms with Crippen molar-refractivity contribution in [1.82, 2.24) is 9.97 Å². The number of nitrogens with one attached hydrogen (secondary N) is 2. The van der Waals surface area contributed by atoms with Crippen molar-refractivity contribution in [3.63, 3.8) is 0 Å². The van der Waals surface area contributed by atoms with Gasteiger partial charge in [-0.05, 0) is 30.5 Å². The highest BCUT2D eigenvalue weighted by atomic mass is 15.1. The molecule has 0 aliphatic rings. The van der Waals surface area contributed by atoms with Crippen LogP contribution in [0.1, 0.15) is 16.7 Å². The van der Waals surface area contributed by atoms with Crippen LogP contribution >= 0.6 is 0 Å². The number of aromatic nitrogens is 2. The monoisotopic (exact) mass is 253 g/mol. The first-order valence-corrected chi connectivity index (χ1v) is 5.96. The predicted octanol–water partition coefficient (Wildman–Crippen LogP) is 2.60. The van der Waals surface area contributed by atoms with Crippen LogP contribution in [0.2, 0.25) is 0 Å². The van der Waals surface area contributed by atoms with Crippen LogP contribution in [0.15, 0.2) is 30.6 Å². The van der Waals surface area contributed by atoms with Crippen LogP contribution in [0.5, 0.6) is 0 Å². The summed E-state index contributed by atoms with van der Waals surface area (Å²) in [6.45, 7) is 4.87. The number of anilines is 2. The summed E-state index contributed by atoms with van der Waals surface area (Å²) in [5.41, 5.74) is 3.75. The summed E-state index contributed by atoms with van der Waals surface area (Å²) in [5.74, 6) is 1.17. The molecule has 2 rings (SSSR count). The molecule has 5 nitrogen and oxygen atoms in total. The van der Waals surface area contributed by atoms with Crippen molar-refractivity contribution >= 4 is 11.6 Å². The summed E-state index contributed by atoms with van der Waals surface area (Å²) in [6.07, 6.45) is 3.25. The summed E-state index contributed by atoms with van der Waals surface area (Å²) in [6, 6.07) is 8.04. The number of hydrogen-bond donors (Lipinski definition) is 2. The smallest absolute Gasteiger partial charge is 0.182 e. The van der Waals surface area contributed by atoms with E-state index < -0.39 is 0 Å². The molecule has 1 aromatic carbocycles. The van der Waals surface area contributed by atoms with Gasteiger partial charge in [-0.1, -0.05) is 18.2 Å². The van der Waals surface area contributed by atoms with E-state index in [9.17, 15) is 0 Å². The highest BCUT2D eigenvalue weighted by Crippen LogP contribution is 2.13. The number of rotatable bonds is 4. The Balaban J connectivity index is 2.04. The fourth-order valence-corrected chi connectivity index (χ4v) is 1.69. The number of nitrogens with zero attached hydrogens (tertiary/aromatic N) is 3. The van der Waals surface area contributed by atoms with E-state index in [1.165, 1.54) is 23.0 Å². The molecule has 19 heavy (non-hydrogen) atoms. The highest BCUT2D eigenvalue weighted by Gasteiger charge is 2.00. The minimum Gasteiger partial charge on any atom is -0.366 e. The molecule has 0 saturated carbocycles. The molecule has 0 atom stereocenters. The third-order valence-electron chi connectivity index (χ3n) is 2.90. The molecule has 2 aromatic rings. The third-order valence-corrected chi connectivity index (χ3v) is 2.90. The van der Waals surface area contributed by atoms with Crippen molar-refractivity contribution in [2.45, 2.75) is 20.4 Å². The van der Waals surface area contributed by atoms with Gasteiger partial charge >= 0.3 is 0 Å². The fraction of sp³-hybridized carbons (Fsp3) is 0.214. The van der Waals surface area contributed by atoms with Crippen molar-refractivity contribution < 1.29 is 0 Å². The Hall–Kier alpha value is -2.61. The fourth-order valence-electron chi connectivity index (χ4n) is 1.69. The molecule has 0 amide bonds. The lowest BCUT2D eigenvalue weighted by molar-refractivity contribution is 1.08. The van der Waals surface area contributed by atoms with Gasteiger partial charge in [0, 0.05) is 12.6 Å². The maximum Gasteiger partial charge on any atom is 0.182 e. The van der Waals surface area contributed by atoms with Crippen LogP contribution in [0.3, 0.4) is 0 Å². The molecule has 96 valence electrons. The minimum absolute atomic E-state index is 0.486. The maximum absolute atomic E-state index is 8.53. The lowest BCUT2D eigenvalue weighted by Gasteiger charge is -2.08. The van der Waals surface area contributed by atoms with Gasteiger partial charge in [-0.2, -0.15) is 5.26 Å². The van der Waals surface area contributed by atoms with Crippen molar-refractivity contribution in [2.24, 2.45) is 0 Å². The van der Waals surface area contributed by atoms with Crippen LogP contribution in [0.25, 0.3) is 0 Å². The Morgan fingerprint density at radius 2 is 1.89 bits per heavy atom. The van der Waals surface area contributed by atoms with E-state index >= 15 is 0 Å². The average molecular weight is 253 g/mol. The van der Waals surface area contributed by atoms with E-state index in [1.54, 1.807) is 6.07 Å². The molecule has 0 aliphatic heterocycles. The molecule has 1 aromatic heterocycles. The Bertz CT molecular complexity index is 615. The van der Waals surface area contributed by atoms with Crippen LogP contribution < -0.4 is 10.6 Å². The van der Waals surface area contributed by atoms with E-state index in [0.717, 1.165) is 0 Å². The Morgan fingerprint density at radius 3 is 2.63 bits per heavy atom. The topological polar surface area (TPSA) is 73.6 Å². The lowest BCUT2D eigenvalue weighted by atomic mass is 10.1. The largest absolute Gasteiger partial charge is 0.366 e. The van der Waals surface area contributed by atoms with Crippen LogP contribution in [-0.2, 0) is 6.54 Å². The van der Waals surface area contributed by atoms with Gasteiger partial charge in [0.2, 0.25) is 0 Å². The van der Waals surface area contributed by atoms with Crippen LogP contribution in [-0.4, -0.2) is 9.97 Å². The first-order chi connectivity index (χ1) is 9.19. The second kappa shape index (κ2) is 5.83. The minimum atomic E-state index is 0.486. The van der Waals surface area contributed by atoms with E-state index in [1.807, 2.05) is 6.19 Å².